The Morgan fingerprint density at radius 3 is 2.17 bits per heavy atom. The Balaban J connectivity index is 2.66. The summed E-state index contributed by atoms with van der Waals surface area (Å²) in [6, 6.07) is 0. The van der Waals surface area contributed by atoms with Gasteiger partial charge in [-0.25, -0.2) is 4.79 Å². The molecular weight excluding hydrogens is 432 g/mol. The number of esters is 1. The maximum absolute atomic E-state index is 13.1. The van der Waals surface area contributed by atoms with E-state index in [1.165, 1.54) is 6.42 Å². The first kappa shape index (κ1) is 24.1. The molecule has 29 heavy (non-hydrogen) atoms. The van der Waals surface area contributed by atoms with Crippen LogP contribution in [0.4, 0.5) is 5.69 Å². The van der Waals surface area contributed by atoms with Crippen molar-refractivity contribution in [1.82, 2.24) is 4.98 Å². The van der Waals surface area contributed by atoms with Gasteiger partial charge in [0.2, 0.25) is 0 Å². The fraction of sp³-hybridized carbons (Fsp3) is 0.739. The Hall–Kier alpha value is -1.14. The number of hydrogen-bond acceptors (Lipinski definition) is 5. The summed E-state index contributed by atoms with van der Waals surface area (Å²) < 4.78 is 12.8. The summed E-state index contributed by atoms with van der Waals surface area (Å²) in [6.45, 7) is 20.0. The van der Waals surface area contributed by atoms with Gasteiger partial charge in [-0.1, -0.05) is 13.8 Å². The highest BCUT2D eigenvalue weighted by molar-refractivity contribution is 9.10. The van der Waals surface area contributed by atoms with Crippen molar-refractivity contribution in [2.75, 3.05) is 18.0 Å². The van der Waals surface area contributed by atoms with Gasteiger partial charge >= 0.3 is 5.97 Å². The van der Waals surface area contributed by atoms with E-state index in [0.29, 0.717) is 11.8 Å². The first-order valence-corrected chi connectivity index (χ1v) is 11.4. The van der Waals surface area contributed by atoms with E-state index in [1.54, 1.807) is 0 Å². The second kappa shape index (κ2) is 9.34. The minimum atomic E-state index is -0.829. The molecule has 0 radical (unpaired) electrons. The van der Waals surface area contributed by atoms with Crippen molar-refractivity contribution in [3.8, 4) is 0 Å². The van der Waals surface area contributed by atoms with Crippen molar-refractivity contribution in [2.45, 2.75) is 86.5 Å². The van der Waals surface area contributed by atoms with Crippen LogP contribution in [-0.4, -0.2) is 35.7 Å². The van der Waals surface area contributed by atoms with E-state index < -0.39 is 11.7 Å². The minimum Gasteiger partial charge on any atom is -0.461 e. The Bertz CT molecular complexity index is 733. The molecule has 0 amide bonds. The zero-order chi connectivity index (χ0) is 22.1. The van der Waals surface area contributed by atoms with Gasteiger partial charge in [0.1, 0.15) is 0 Å². The molecule has 0 aliphatic carbocycles. The van der Waals surface area contributed by atoms with Gasteiger partial charge in [-0.2, -0.15) is 0 Å². The fourth-order valence-electron chi connectivity index (χ4n) is 4.16. The van der Waals surface area contributed by atoms with Gasteiger partial charge in [0.25, 0.3) is 0 Å². The summed E-state index contributed by atoms with van der Waals surface area (Å²) in [7, 11) is 0. The number of nitrogens with zero attached hydrogens (tertiary/aromatic N) is 2. The highest BCUT2D eigenvalue weighted by atomic mass is 79.9. The molecule has 5 nitrogen and oxygen atoms in total. The number of anilines is 1. The number of halogens is 1. The molecule has 1 saturated heterocycles. The van der Waals surface area contributed by atoms with Crippen LogP contribution in [0.1, 0.15) is 77.9 Å². The van der Waals surface area contributed by atoms with E-state index in [1.807, 2.05) is 48.5 Å². The van der Waals surface area contributed by atoms with Crippen molar-refractivity contribution in [2.24, 2.45) is 11.8 Å². The maximum atomic E-state index is 13.1. The van der Waals surface area contributed by atoms with Crippen molar-refractivity contribution in [1.29, 1.82) is 0 Å². The lowest BCUT2D eigenvalue weighted by molar-refractivity contribution is -0.171. The molecule has 2 unspecified atom stereocenters. The SMILES string of the molecule is Cc1nc(C)c([C@H](OC(C)(C)C)C(=O)OC(C)C)c(N2CC(C)CC(C)C2)c1Br. The average molecular weight is 469 g/mol. The first-order valence-electron chi connectivity index (χ1n) is 10.6. The minimum absolute atomic E-state index is 0.214. The summed E-state index contributed by atoms with van der Waals surface area (Å²) in [5.41, 5.74) is 3.04. The van der Waals surface area contributed by atoms with E-state index in [-0.39, 0.29) is 12.1 Å². The molecule has 3 atom stereocenters. The smallest absolute Gasteiger partial charge is 0.340 e. The summed E-state index contributed by atoms with van der Waals surface area (Å²) in [4.78, 5) is 20.2. The molecule has 1 aliphatic heterocycles. The molecule has 0 N–H and O–H groups in total. The highest BCUT2D eigenvalue weighted by Crippen LogP contribution is 2.42. The topological polar surface area (TPSA) is 51.7 Å². The van der Waals surface area contributed by atoms with Crippen LogP contribution in [0.25, 0.3) is 0 Å². The number of aromatic nitrogens is 1. The molecular formula is C23H37BrN2O3. The molecule has 6 heteroatoms. The maximum Gasteiger partial charge on any atom is 0.340 e. The lowest BCUT2D eigenvalue weighted by atomic mass is 9.90. The molecule has 0 bridgehead atoms. The van der Waals surface area contributed by atoms with Gasteiger partial charge in [-0.05, 0) is 82.7 Å². The second-order valence-corrected chi connectivity index (χ2v) is 10.6. The molecule has 164 valence electrons. The number of carbonyl (C=O) groups excluding carboxylic acids is 1. The molecule has 2 heterocycles. The van der Waals surface area contributed by atoms with Gasteiger partial charge in [0.05, 0.1) is 27.6 Å². The van der Waals surface area contributed by atoms with Crippen LogP contribution in [0.2, 0.25) is 0 Å². The van der Waals surface area contributed by atoms with Gasteiger partial charge in [0.15, 0.2) is 6.10 Å². The molecule has 0 saturated carbocycles. The third-order valence-electron chi connectivity index (χ3n) is 4.99. The number of carbonyl (C=O) groups is 1. The zero-order valence-electron chi connectivity index (χ0n) is 19.4. The van der Waals surface area contributed by atoms with E-state index >= 15 is 0 Å². The predicted octanol–water partition coefficient (Wildman–Crippen LogP) is 5.75. The molecule has 1 aromatic heterocycles. The summed E-state index contributed by atoms with van der Waals surface area (Å²) >= 11 is 3.78. The zero-order valence-corrected chi connectivity index (χ0v) is 21.0. The molecule has 1 aliphatic rings. The molecule has 0 aromatic carbocycles. The Morgan fingerprint density at radius 1 is 1.14 bits per heavy atom. The standard InChI is InChI=1S/C23H37BrN2O3/c1-13(2)28-22(27)21(29-23(7,8)9)18-16(5)25-17(6)19(24)20(18)26-11-14(3)10-15(4)12-26/h13-15,21H,10-12H2,1-9H3/t14?,15?,21-/m0/s1. The normalized spacial score (nSPS) is 21.4. The highest BCUT2D eigenvalue weighted by Gasteiger charge is 2.36. The van der Waals surface area contributed by atoms with Gasteiger partial charge in [0, 0.05) is 24.3 Å². The number of piperidine rings is 1. The van der Waals surface area contributed by atoms with Crippen LogP contribution in [0, 0.1) is 25.7 Å². The third-order valence-corrected chi connectivity index (χ3v) is 5.94. The number of ether oxygens (including phenoxy) is 2. The number of aryl methyl sites for hydroxylation is 2. The largest absolute Gasteiger partial charge is 0.461 e. The Morgan fingerprint density at radius 2 is 1.69 bits per heavy atom. The van der Waals surface area contributed by atoms with Crippen LogP contribution in [-0.2, 0) is 14.3 Å². The Kier molecular flexibility index (Phi) is 7.77. The van der Waals surface area contributed by atoms with Gasteiger partial charge < -0.3 is 14.4 Å². The summed E-state index contributed by atoms with van der Waals surface area (Å²) in [5, 5.41) is 0. The van der Waals surface area contributed by atoms with Gasteiger partial charge in [-0.15, -0.1) is 0 Å². The van der Waals surface area contributed by atoms with E-state index in [0.717, 1.165) is 40.2 Å². The first-order chi connectivity index (χ1) is 13.3. The van der Waals surface area contributed by atoms with E-state index in [2.05, 4.69) is 34.7 Å². The lowest BCUT2D eigenvalue weighted by Crippen LogP contribution is -2.41. The second-order valence-electron chi connectivity index (χ2n) is 9.81. The molecule has 0 spiro atoms. The third kappa shape index (κ3) is 6.17. The van der Waals surface area contributed by atoms with Crippen molar-refractivity contribution in [3.63, 3.8) is 0 Å². The van der Waals surface area contributed by atoms with Crippen molar-refractivity contribution >= 4 is 27.6 Å². The average Bonchev–Trinajstić information content (AvgIpc) is 2.53. The van der Waals surface area contributed by atoms with Gasteiger partial charge in [-0.3, -0.25) is 4.98 Å². The van der Waals surface area contributed by atoms with Crippen molar-refractivity contribution in [3.05, 3.63) is 21.4 Å². The van der Waals surface area contributed by atoms with E-state index in [9.17, 15) is 4.79 Å². The lowest BCUT2D eigenvalue weighted by Gasteiger charge is -2.40. The summed E-state index contributed by atoms with van der Waals surface area (Å²) in [6.07, 6.45) is 0.169. The number of hydrogen-bond donors (Lipinski definition) is 0. The molecule has 1 fully saturated rings. The van der Waals surface area contributed by atoms with Crippen LogP contribution >= 0.6 is 15.9 Å². The number of rotatable bonds is 5. The molecule has 2 rings (SSSR count). The van der Waals surface area contributed by atoms with Crippen LogP contribution < -0.4 is 4.90 Å². The molecule has 1 aromatic rings. The fourth-order valence-corrected chi connectivity index (χ4v) is 4.72. The predicted molar refractivity (Wildman–Crippen MR) is 121 cm³/mol. The van der Waals surface area contributed by atoms with Crippen LogP contribution in [0.5, 0.6) is 0 Å². The summed E-state index contributed by atoms with van der Waals surface area (Å²) in [5.74, 6) is 0.795. The van der Waals surface area contributed by atoms with Crippen molar-refractivity contribution < 1.29 is 14.3 Å². The van der Waals surface area contributed by atoms with E-state index in [4.69, 9.17) is 14.5 Å². The van der Waals surface area contributed by atoms with Crippen LogP contribution in [0.15, 0.2) is 4.47 Å². The Labute approximate surface area is 184 Å². The monoisotopic (exact) mass is 468 g/mol. The quantitative estimate of drug-likeness (QED) is 0.514. The van der Waals surface area contributed by atoms with Crippen LogP contribution in [0.3, 0.4) is 0 Å². The number of pyridine rings is 1.